The van der Waals surface area contributed by atoms with Gasteiger partial charge in [-0.3, -0.25) is 4.79 Å². The molecule has 1 saturated heterocycles. The maximum atomic E-state index is 11.9. The van der Waals surface area contributed by atoms with Crippen molar-refractivity contribution in [3.63, 3.8) is 0 Å². The summed E-state index contributed by atoms with van der Waals surface area (Å²) in [6.07, 6.45) is 8.13. The Labute approximate surface area is 130 Å². The van der Waals surface area contributed by atoms with E-state index in [-0.39, 0.29) is 5.91 Å². The van der Waals surface area contributed by atoms with Crippen molar-refractivity contribution in [2.75, 3.05) is 23.3 Å². The number of hydrogen-bond acceptors (Lipinski definition) is 4. The third kappa shape index (κ3) is 3.87. The first kappa shape index (κ1) is 14.6. The van der Waals surface area contributed by atoms with Crippen LogP contribution in [0.25, 0.3) is 0 Å². The Kier molecular flexibility index (Phi) is 4.73. The maximum Gasteiger partial charge on any atom is 0.224 e. The number of amides is 1. The summed E-state index contributed by atoms with van der Waals surface area (Å²) in [7, 11) is 0. The van der Waals surface area contributed by atoms with E-state index in [0.29, 0.717) is 12.8 Å². The van der Waals surface area contributed by atoms with Crippen LogP contribution in [-0.2, 0) is 11.2 Å². The molecule has 3 heterocycles. The monoisotopic (exact) mass is 299 g/mol. The van der Waals surface area contributed by atoms with E-state index in [9.17, 15) is 4.79 Å². The minimum atomic E-state index is -0.0241. The molecule has 0 aromatic carbocycles. The van der Waals surface area contributed by atoms with Crippen molar-refractivity contribution in [1.29, 1.82) is 0 Å². The fourth-order valence-electron chi connectivity index (χ4n) is 2.69. The van der Waals surface area contributed by atoms with Gasteiger partial charge in [-0.2, -0.15) is 0 Å². The molecular formula is C17H21N3O2. The Morgan fingerprint density at radius 3 is 2.77 bits per heavy atom. The summed E-state index contributed by atoms with van der Waals surface area (Å²) in [5.74, 6) is 1.80. The summed E-state index contributed by atoms with van der Waals surface area (Å²) >= 11 is 0. The van der Waals surface area contributed by atoms with Crippen molar-refractivity contribution in [3.8, 4) is 0 Å². The smallest absolute Gasteiger partial charge is 0.224 e. The van der Waals surface area contributed by atoms with E-state index >= 15 is 0 Å². The van der Waals surface area contributed by atoms with Gasteiger partial charge < -0.3 is 14.6 Å². The maximum absolute atomic E-state index is 11.9. The molecule has 2 aromatic heterocycles. The average molecular weight is 299 g/mol. The highest BCUT2D eigenvalue weighted by atomic mass is 16.3. The van der Waals surface area contributed by atoms with E-state index in [1.54, 1.807) is 12.5 Å². The number of pyridine rings is 1. The molecule has 0 aliphatic carbocycles. The van der Waals surface area contributed by atoms with Gasteiger partial charge in [-0.15, -0.1) is 0 Å². The van der Waals surface area contributed by atoms with Gasteiger partial charge >= 0.3 is 0 Å². The van der Waals surface area contributed by atoms with Crippen molar-refractivity contribution in [3.05, 3.63) is 42.5 Å². The number of anilines is 2. The van der Waals surface area contributed by atoms with E-state index < -0.39 is 0 Å². The van der Waals surface area contributed by atoms with Crippen molar-refractivity contribution in [2.24, 2.45) is 0 Å². The van der Waals surface area contributed by atoms with Gasteiger partial charge in [0.1, 0.15) is 11.6 Å². The zero-order valence-corrected chi connectivity index (χ0v) is 12.6. The normalized spacial score (nSPS) is 14.8. The molecular weight excluding hydrogens is 278 g/mol. The van der Waals surface area contributed by atoms with Crippen LogP contribution in [0.15, 0.2) is 41.1 Å². The van der Waals surface area contributed by atoms with Gasteiger partial charge in [0.2, 0.25) is 5.91 Å². The number of carbonyl (C=O) groups is 1. The van der Waals surface area contributed by atoms with E-state index in [0.717, 1.165) is 30.4 Å². The lowest BCUT2D eigenvalue weighted by Crippen LogP contribution is -2.30. The van der Waals surface area contributed by atoms with Crippen LogP contribution in [0.2, 0.25) is 0 Å². The highest BCUT2D eigenvalue weighted by Crippen LogP contribution is 2.19. The molecule has 3 rings (SSSR count). The van der Waals surface area contributed by atoms with Crippen molar-refractivity contribution >= 4 is 17.4 Å². The lowest BCUT2D eigenvalue weighted by atomic mass is 10.1. The van der Waals surface area contributed by atoms with E-state index in [2.05, 4.69) is 15.2 Å². The minimum Gasteiger partial charge on any atom is -0.469 e. The van der Waals surface area contributed by atoms with Crippen LogP contribution in [0.5, 0.6) is 0 Å². The zero-order valence-electron chi connectivity index (χ0n) is 12.6. The Hall–Kier alpha value is -2.30. The second-order valence-electron chi connectivity index (χ2n) is 5.58. The highest BCUT2D eigenvalue weighted by molar-refractivity contribution is 5.90. The predicted octanol–water partition coefficient (Wildman–Crippen LogP) is 3.24. The Morgan fingerprint density at radius 1 is 1.23 bits per heavy atom. The molecule has 0 spiro atoms. The molecule has 0 saturated carbocycles. The Morgan fingerprint density at radius 2 is 2.09 bits per heavy atom. The van der Waals surface area contributed by atoms with E-state index in [1.165, 1.54) is 19.3 Å². The molecule has 0 radical (unpaired) electrons. The van der Waals surface area contributed by atoms with Crippen molar-refractivity contribution in [1.82, 2.24) is 4.98 Å². The number of furan rings is 1. The molecule has 116 valence electrons. The van der Waals surface area contributed by atoms with Gasteiger partial charge in [0.05, 0.1) is 18.1 Å². The van der Waals surface area contributed by atoms with Crippen molar-refractivity contribution < 1.29 is 9.21 Å². The van der Waals surface area contributed by atoms with Crippen LogP contribution in [0.1, 0.15) is 31.4 Å². The van der Waals surface area contributed by atoms with Gasteiger partial charge in [0.25, 0.3) is 0 Å². The third-order valence-electron chi connectivity index (χ3n) is 3.89. The number of aromatic nitrogens is 1. The molecule has 1 fully saturated rings. The first-order valence-corrected chi connectivity index (χ1v) is 7.84. The number of nitrogens with zero attached hydrogens (tertiary/aromatic N) is 2. The second-order valence-corrected chi connectivity index (χ2v) is 5.58. The first-order valence-electron chi connectivity index (χ1n) is 7.84. The van der Waals surface area contributed by atoms with Crippen LogP contribution in [0, 0.1) is 0 Å². The van der Waals surface area contributed by atoms with Crippen LogP contribution in [0.4, 0.5) is 11.5 Å². The fraction of sp³-hybridized carbons (Fsp3) is 0.412. The van der Waals surface area contributed by atoms with E-state index in [4.69, 9.17) is 4.42 Å². The summed E-state index contributed by atoms with van der Waals surface area (Å²) in [6.45, 7) is 2.14. The van der Waals surface area contributed by atoms with Gasteiger partial charge in [0.15, 0.2) is 0 Å². The molecule has 1 aliphatic rings. The van der Waals surface area contributed by atoms with Crippen LogP contribution in [-0.4, -0.2) is 24.0 Å². The molecule has 22 heavy (non-hydrogen) atoms. The highest BCUT2D eigenvalue weighted by Gasteiger charge is 2.12. The molecule has 5 nitrogen and oxygen atoms in total. The fourth-order valence-corrected chi connectivity index (χ4v) is 2.69. The van der Waals surface area contributed by atoms with Gasteiger partial charge in [-0.05, 0) is 43.5 Å². The number of carbonyl (C=O) groups excluding carboxylic acids is 1. The summed E-state index contributed by atoms with van der Waals surface area (Å²) in [4.78, 5) is 18.7. The number of rotatable bonds is 5. The van der Waals surface area contributed by atoms with Crippen LogP contribution >= 0.6 is 0 Å². The van der Waals surface area contributed by atoms with Gasteiger partial charge in [0, 0.05) is 25.9 Å². The predicted molar refractivity (Wildman–Crippen MR) is 86.0 cm³/mol. The summed E-state index contributed by atoms with van der Waals surface area (Å²) in [6, 6.07) is 7.61. The SMILES string of the molecule is O=C(CCc1ccco1)Nc1ccc(N2CCCCC2)nc1. The van der Waals surface area contributed by atoms with Crippen molar-refractivity contribution in [2.45, 2.75) is 32.1 Å². The third-order valence-corrected chi connectivity index (χ3v) is 3.89. The van der Waals surface area contributed by atoms with E-state index in [1.807, 2.05) is 24.3 Å². The topological polar surface area (TPSA) is 58.4 Å². The second kappa shape index (κ2) is 7.11. The largest absolute Gasteiger partial charge is 0.469 e. The molecule has 0 atom stereocenters. The molecule has 5 heteroatoms. The lowest BCUT2D eigenvalue weighted by molar-refractivity contribution is -0.116. The van der Waals surface area contributed by atoms with Crippen LogP contribution < -0.4 is 10.2 Å². The number of hydrogen-bond donors (Lipinski definition) is 1. The lowest BCUT2D eigenvalue weighted by Gasteiger charge is -2.27. The first-order chi connectivity index (χ1) is 10.8. The van der Waals surface area contributed by atoms with Crippen LogP contribution in [0.3, 0.4) is 0 Å². The quantitative estimate of drug-likeness (QED) is 0.921. The Bertz CT molecular complexity index is 587. The summed E-state index contributed by atoms with van der Waals surface area (Å²) in [5, 5.41) is 2.87. The minimum absolute atomic E-state index is 0.0241. The molecule has 1 aliphatic heterocycles. The standard InChI is InChI=1S/C17H21N3O2/c21-17(9-7-15-5-4-12-22-15)19-14-6-8-16(18-13-14)20-10-2-1-3-11-20/h4-6,8,12-13H,1-3,7,9-11H2,(H,19,21). The Balaban J connectivity index is 1.50. The zero-order chi connectivity index (χ0) is 15.2. The molecule has 0 bridgehead atoms. The summed E-state index contributed by atoms with van der Waals surface area (Å²) < 4.78 is 5.22. The molecule has 2 aromatic rings. The number of piperidine rings is 1. The van der Waals surface area contributed by atoms with Gasteiger partial charge in [-0.25, -0.2) is 4.98 Å². The van der Waals surface area contributed by atoms with Gasteiger partial charge in [-0.1, -0.05) is 0 Å². The molecule has 1 N–H and O–H groups in total. The number of aryl methyl sites for hydroxylation is 1. The summed E-state index contributed by atoms with van der Waals surface area (Å²) in [5.41, 5.74) is 0.741. The molecule has 1 amide bonds. The molecule has 0 unspecified atom stereocenters. The number of nitrogens with one attached hydrogen (secondary N) is 1. The average Bonchev–Trinajstić information content (AvgIpc) is 3.08.